The highest BCUT2D eigenvalue weighted by Crippen LogP contribution is 2.40. The number of para-hydroxylation sites is 1. The van der Waals surface area contributed by atoms with E-state index in [1.165, 1.54) is 33.6 Å². The van der Waals surface area contributed by atoms with Crippen molar-refractivity contribution in [3.63, 3.8) is 0 Å². The molecule has 1 heterocycles. The maximum Gasteiger partial charge on any atom is 0.255 e. The second-order valence-corrected chi connectivity index (χ2v) is 7.56. The van der Waals surface area contributed by atoms with Gasteiger partial charge < -0.3 is 30.2 Å². The van der Waals surface area contributed by atoms with E-state index in [0.29, 0.717) is 38.9 Å². The summed E-state index contributed by atoms with van der Waals surface area (Å²) in [6.45, 7) is -0.743. The second kappa shape index (κ2) is 11.5. The quantitative estimate of drug-likeness (QED) is 0.340. The fourth-order valence-corrected chi connectivity index (χ4v) is 3.27. The molecule has 3 rings (SSSR count). The monoisotopic (exact) mass is 537 g/mol. The molecule has 0 fully saturated rings. The molecule has 1 amide bonds. The average molecular weight is 538 g/mol. The zero-order chi connectivity index (χ0) is 24.7. The highest BCUT2D eigenvalue weighted by atomic mass is 79.9. The van der Waals surface area contributed by atoms with Gasteiger partial charge in [0.2, 0.25) is 11.7 Å². The van der Waals surface area contributed by atoms with Crippen LogP contribution in [-0.4, -0.2) is 50.2 Å². The molecule has 0 aliphatic heterocycles. The predicted octanol–water partition coefficient (Wildman–Crippen LogP) is 4.75. The largest absolute Gasteiger partial charge is 0.493 e. The van der Waals surface area contributed by atoms with E-state index in [4.69, 9.17) is 14.2 Å². The number of hydrogen-bond donors (Lipinski definition) is 3. The Bertz CT molecular complexity index is 1140. The van der Waals surface area contributed by atoms with E-state index in [9.17, 15) is 13.6 Å². The number of alkyl halides is 2. The standard InChI is InChI=1S/C22H22BrF2N5O4/c1-32-16-8-12(9-17(33-2)19(16)34-3)28-22-27-10-14(23)20(30-22)29-15-7-5-4-6-13(15)21(31)26-11-18(24)25/h4-10,18H,11H2,1-3H3,(H,26,31)(H2,27,28,29,30). The maximum absolute atomic E-state index is 12.5. The Morgan fingerprint density at radius 3 is 2.35 bits per heavy atom. The normalized spacial score (nSPS) is 10.6. The van der Waals surface area contributed by atoms with E-state index in [1.54, 1.807) is 30.3 Å². The lowest BCUT2D eigenvalue weighted by Gasteiger charge is -2.16. The molecule has 3 N–H and O–H groups in total. The van der Waals surface area contributed by atoms with Crippen molar-refractivity contribution in [3.8, 4) is 17.2 Å². The molecule has 0 bridgehead atoms. The molecule has 0 radical (unpaired) electrons. The lowest BCUT2D eigenvalue weighted by Crippen LogP contribution is -2.29. The molecule has 0 saturated carbocycles. The number of nitrogens with zero attached hydrogens (tertiary/aromatic N) is 2. The minimum Gasteiger partial charge on any atom is -0.493 e. The number of aromatic nitrogens is 2. The van der Waals surface area contributed by atoms with E-state index in [2.05, 4.69) is 41.8 Å². The number of amides is 1. The Balaban J connectivity index is 1.87. The fourth-order valence-electron chi connectivity index (χ4n) is 2.98. The number of nitrogens with one attached hydrogen (secondary N) is 3. The molecule has 0 spiro atoms. The van der Waals surface area contributed by atoms with Gasteiger partial charge in [0.1, 0.15) is 5.82 Å². The third-order valence-corrected chi connectivity index (χ3v) is 5.09. The Morgan fingerprint density at radius 2 is 1.74 bits per heavy atom. The number of ether oxygens (including phenoxy) is 3. The minimum atomic E-state index is -2.65. The van der Waals surface area contributed by atoms with E-state index in [-0.39, 0.29) is 11.5 Å². The summed E-state index contributed by atoms with van der Waals surface area (Å²) < 4.78 is 41.5. The maximum atomic E-state index is 12.5. The second-order valence-electron chi connectivity index (χ2n) is 6.70. The van der Waals surface area contributed by atoms with Crippen LogP contribution in [0.25, 0.3) is 0 Å². The first-order chi connectivity index (χ1) is 16.4. The van der Waals surface area contributed by atoms with Crippen LogP contribution in [0.1, 0.15) is 10.4 Å². The number of rotatable bonds is 10. The first-order valence-corrected chi connectivity index (χ1v) is 10.7. The number of hydrogen-bond acceptors (Lipinski definition) is 8. The number of benzene rings is 2. The Hall–Kier alpha value is -3.67. The summed E-state index contributed by atoms with van der Waals surface area (Å²) >= 11 is 3.38. The summed E-state index contributed by atoms with van der Waals surface area (Å²) in [6, 6.07) is 9.89. The molecule has 3 aromatic rings. The van der Waals surface area contributed by atoms with Crippen LogP contribution in [0.15, 0.2) is 47.1 Å². The molecule has 0 aliphatic rings. The summed E-state index contributed by atoms with van der Waals surface area (Å²) in [5.74, 6) is 1.28. The molecular weight excluding hydrogens is 516 g/mol. The number of halogens is 3. The van der Waals surface area contributed by atoms with Crippen LogP contribution in [0.5, 0.6) is 17.2 Å². The molecule has 9 nitrogen and oxygen atoms in total. The SMILES string of the molecule is COc1cc(Nc2ncc(Br)c(Nc3ccccc3C(=O)NCC(F)F)n2)cc(OC)c1OC. The molecule has 0 saturated heterocycles. The van der Waals surface area contributed by atoms with Crippen LogP contribution in [0, 0.1) is 0 Å². The van der Waals surface area contributed by atoms with Crippen molar-refractivity contribution >= 4 is 45.0 Å². The van der Waals surface area contributed by atoms with Crippen LogP contribution < -0.4 is 30.2 Å². The third kappa shape index (κ3) is 6.01. The van der Waals surface area contributed by atoms with Gasteiger partial charge in [-0.1, -0.05) is 12.1 Å². The number of carbonyl (C=O) groups is 1. The lowest BCUT2D eigenvalue weighted by molar-refractivity contribution is 0.0892. The van der Waals surface area contributed by atoms with Gasteiger partial charge in [0.05, 0.1) is 43.6 Å². The van der Waals surface area contributed by atoms with Crippen molar-refractivity contribution in [1.82, 2.24) is 15.3 Å². The van der Waals surface area contributed by atoms with E-state index < -0.39 is 18.9 Å². The highest BCUT2D eigenvalue weighted by molar-refractivity contribution is 9.10. The number of anilines is 4. The van der Waals surface area contributed by atoms with Gasteiger partial charge in [-0.05, 0) is 28.1 Å². The van der Waals surface area contributed by atoms with Crippen molar-refractivity contribution in [3.05, 3.63) is 52.6 Å². The predicted molar refractivity (Wildman–Crippen MR) is 127 cm³/mol. The first kappa shape index (κ1) is 25.0. The topological polar surface area (TPSA) is 107 Å². The van der Waals surface area contributed by atoms with E-state index >= 15 is 0 Å². The van der Waals surface area contributed by atoms with Gasteiger partial charge in [0.25, 0.3) is 12.3 Å². The number of methoxy groups -OCH3 is 3. The van der Waals surface area contributed by atoms with Crippen LogP contribution in [0.3, 0.4) is 0 Å². The zero-order valence-corrected chi connectivity index (χ0v) is 20.1. The lowest BCUT2D eigenvalue weighted by atomic mass is 10.1. The van der Waals surface area contributed by atoms with Crippen molar-refractivity contribution < 1.29 is 27.8 Å². The summed E-state index contributed by atoms with van der Waals surface area (Å²) in [5.41, 5.74) is 1.15. The molecule has 1 aromatic heterocycles. The summed E-state index contributed by atoms with van der Waals surface area (Å²) in [6.07, 6.45) is -1.13. The molecule has 0 unspecified atom stereocenters. The molecule has 0 aliphatic carbocycles. The Kier molecular flexibility index (Phi) is 8.41. The van der Waals surface area contributed by atoms with Gasteiger partial charge in [-0.15, -0.1) is 0 Å². The van der Waals surface area contributed by atoms with Crippen molar-refractivity contribution in [2.24, 2.45) is 0 Å². The summed E-state index contributed by atoms with van der Waals surface area (Å²) in [4.78, 5) is 21.0. The number of carbonyl (C=O) groups excluding carboxylic acids is 1. The van der Waals surface area contributed by atoms with Gasteiger partial charge in [-0.2, -0.15) is 4.98 Å². The van der Waals surface area contributed by atoms with Gasteiger partial charge in [-0.3, -0.25) is 4.79 Å². The zero-order valence-electron chi connectivity index (χ0n) is 18.5. The van der Waals surface area contributed by atoms with Gasteiger partial charge in [-0.25, -0.2) is 13.8 Å². The van der Waals surface area contributed by atoms with Crippen LogP contribution in [0.4, 0.5) is 31.9 Å². The smallest absolute Gasteiger partial charge is 0.255 e. The molecule has 180 valence electrons. The van der Waals surface area contributed by atoms with Crippen molar-refractivity contribution in [1.29, 1.82) is 0 Å². The fraction of sp³-hybridized carbons (Fsp3) is 0.227. The first-order valence-electron chi connectivity index (χ1n) is 9.88. The molecule has 0 atom stereocenters. The Morgan fingerprint density at radius 1 is 1.06 bits per heavy atom. The van der Waals surface area contributed by atoms with E-state index in [1.807, 2.05) is 0 Å². The summed E-state index contributed by atoms with van der Waals surface area (Å²) in [5, 5.41) is 8.30. The highest BCUT2D eigenvalue weighted by Gasteiger charge is 2.16. The Labute approximate surface area is 203 Å². The van der Waals surface area contributed by atoms with Gasteiger partial charge in [0.15, 0.2) is 11.5 Å². The van der Waals surface area contributed by atoms with E-state index in [0.717, 1.165) is 0 Å². The molecule has 12 heteroatoms. The third-order valence-electron chi connectivity index (χ3n) is 4.51. The van der Waals surface area contributed by atoms with Crippen LogP contribution in [0.2, 0.25) is 0 Å². The summed E-state index contributed by atoms with van der Waals surface area (Å²) in [7, 11) is 4.52. The van der Waals surface area contributed by atoms with Crippen molar-refractivity contribution in [2.75, 3.05) is 38.5 Å². The van der Waals surface area contributed by atoms with Gasteiger partial charge >= 0.3 is 0 Å². The van der Waals surface area contributed by atoms with Crippen molar-refractivity contribution in [2.45, 2.75) is 6.43 Å². The average Bonchev–Trinajstić information content (AvgIpc) is 2.84. The molecule has 2 aromatic carbocycles. The van der Waals surface area contributed by atoms with Gasteiger partial charge in [0, 0.05) is 24.0 Å². The molecular formula is C22H22BrF2N5O4. The minimum absolute atomic E-state index is 0.188. The molecule has 34 heavy (non-hydrogen) atoms. The van der Waals surface area contributed by atoms with Crippen LogP contribution >= 0.6 is 15.9 Å². The van der Waals surface area contributed by atoms with Crippen LogP contribution in [-0.2, 0) is 0 Å².